The maximum absolute atomic E-state index is 11.5. The predicted molar refractivity (Wildman–Crippen MR) is 49.6 cm³/mol. The molecule has 0 amide bonds. The Balaban J connectivity index is 2.49. The van der Waals surface area contributed by atoms with Gasteiger partial charge in [-0.05, 0) is 25.0 Å². The minimum absolute atomic E-state index is 0.00537. The van der Waals surface area contributed by atoms with Crippen LogP contribution in [0.25, 0.3) is 0 Å². The van der Waals surface area contributed by atoms with Crippen molar-refractivity contribution in [2.45, 2.75) is 17.7 Å². The lowest BCUT2D eigenvalue weighted by Crippen LogP contribution is -2.22. The number of rotatable bonds is 0. The number of carbonyl (C=O) groups excluding carboxylic acids is 1. The van der Waals surface area contributed by atoms with Crippen molar-refractivity contribution in [1.29, 1.82) is 0 Å². The van der Waals surface area contributed by atoms with Gasteiger partial charge in [0.05, 0.1) is 10.5 Å². The number of hydrogen-bond donors (Lipinski definition) is 0. The van der Waals surface area contributed by atoms with Crippen LogP contribution in [0.2, 0.25) is 0 Å². The minimum atomic E-state index is -0.00537. The van der Waals surface area contributed by atoms with Crippen LogP contribution in [0.1, 0.15) is 22.5 Å². The Labute approximate surface area is 79.1 Å². The quantitative estimate of drug-likeness (QED) is 0.633. The van der Waals surface area contributed by atoms with Gasteiger partial charge in [-0.2, -0.15) is 0 Å². The molecule has 1 heterocycles. The Morgan fingerprint density at radius 2 is 2.42 bits per heavy atom. The Morgan fingerprint density at radius 3 is 3.25 bits per heavy atom. The minimum Gasteiger partial charge on any atom is -0.293 e. The molecule has 12 heavy (non-hydrogen) atoms. The van der Waals surface area contributed by atoms with Gasteiger partial charge >= 0.3 is 0 Å². The van der Waals surface area contributed by atoms with E-state index in [1.54, 1.807) is 6.20 Å². The molecule has 0 bridgehead atoms. The van der Waals surface area contributed by atoms with Crippen molar-refractivity contribution < 1.29 is 4.79 Å². The van der Waals surface area contributed by atoms with Crippen LogP contribution in [0.3, 0.4) is 0 Å². The van der Waals surface area contributed by atoms with Crippen LogP contribution < -0.4 is 0 Å². The van der Waals surface area contributed by atoms with E-state index in [4.69, 9.17) is 0 Å². The lowest BCUT2D eigenvalue weighted by atomic mass is 9.95. The summed E-state index contributed by atoms with van der Waals surface area (Å²) in [5.41, 5.74) is 1.73. The first-order valence-corrected chi connectivity index (χ1v) is 4.83. The summed E-state index contributed by atoms with van der Waals surface area (Å²) in [6.45, 7) is 0. The number of carbonyl (C=O) groups is 1. The molecule has 2 rings (SSSR count). The predicted octanol–water partition coefficient (Wildman–Crippen LogP) is 1.97. The fourth-order valence-corrected chi connectivity index (χ4v) is 1.90. The average Bonchev–Trinajstić information content (AvgIpc) is 2.12. The Kier molecular flexibility index (Phi) is 1.97. The highest BCUT2D eigenvalue weighted by Gasteiger charge is 2.25. The summed E-state index contributed by atoms with van der Waals surface area (Å²) in [5, 5.41) is 0. The Bertz CT molecular complexity index is 324. The molecular weight excluding hydrogens is 218 g/mol. The van der Waals surface area contributed by atoms with E-state index in [-0.39, 0.29) is 10.6 Å². The summed E-state index contributed by atoms with van der Waals surface area (Å²) in [5.74, 6) is 0.171. The largest absolute Gasteiger partial charge is 0.293 e. The van der Waals surface area contributed by atoms with Crippen LogP contribution in [-0.4, -0.2) is 15.6 Å². The van der Waals surface area contributed by atoms with Crippen molar-refractivity contribution >= 4 is 21.7 Å². The lowest BCUT2D eigenvalue weighted by Gasteiger charge is -2.17. The molecule has 1 aliphatic rings. The second kappa shape index (κ2) is 2.98. The van der Waals surface area contributed by atoms with Gasteiger partial charge in [-0.3, -0.25) is 9.78 Å². The van der Waals surface area contributed by atoms with E-state index in [1.807, 2.05) is 12.1 Å². The first kappa shape index (κ1) is 7.92. The van der Waals surface area contributed by atoms with Gasteiger partial charge in [-0.15, -0.1) is 0 Å². The van der Waals surface area contributed by atoms with Crippen molar-refractivity contribution in [2.24, 2.45) is 0 Å². The lowest BCUT2D eigenvalue weighted by molar-refractivity contribution is 0.0980. The number of halogens is 1. The molecule has 1 aromatic rings. The molecule has 0 fully saturated rings. The molecule has 1 unspecified atom stereocenters. The van der Waals surface area contributed by atoms with E-state index in [0.29, 0.717) is 0 Å². The van der Waals surface area contributed by atoms with Crippen molar-refractivity contribution in [1.82, 2.24) is 4.98 Å². The van der Waals surface area contributed by atoms with E-state index in [1.165, 1.54) is 0 Å². The maximum atomic E-state index is 11.5. The summed E-state index contributed by atoms with van der Waals surface area (Å²) in [7, 11) is 0. The van der Waals surface area contributed by atoms with Gasteiger partial charge in [0.1, 0.15) is 0 Å². The van der Waals surface area contributed by atoms with Gasteiger partial charge in [-0.1, -0.05) is 15.9 Å². The van der Waals surface area contributed by atoms with Gasteiger partial charge < -0.3 is 0 Å². The van der Waals surface area contributed by atoms with Crippen LogP contribution in [0.15, 0.2) is 18.3 Å². The second-order valence-electron chi connectivity index (χ2n) is 2.87. The summed E-state index contributed by atoms with van der Waals surface area (Å²) in [4.78, 5) is 15.7. The molecule has 0 aromatic carbocycles. The number of aryl methyl sites for hydroxylation is 1. The summed E-state index contributed by atoms with van der Waals surface area (Å²) >= 11 is 3.35. The SMILES string of the molecule is O=C1c2cccnc2CCC1Br. The molecule has 0 radical (unpaired) electrons. The highest BCUT2D eigenvalue weighted by atomic mass is 79.9. The van der Waals surface area contributed by atoms with Crippen LogP contribution >= 0.6 is 15.9 Å². The number of pyridine rings is 1. The Hall–Kier alpha value is -0.700. The van der Waals surface area contributed by atoms with Crippen LogP contribution in [0.4, 0.5) is 0 Å². The summed E-state index contributed by atoms with van der Waals surface area (Å²) < 4.78 is 0. The van der Waals surface area contributed by atoms with E-state index in [9.17, 15) is 4.79 Å². The standard InChI is InChI=1S/C9H8BrNO/c10-7-3-4-8-6(9(7)12)2-1-5-11-8/h1-2,5,7H,3-4H2. The van der Waals surface area contributed by atoms with Crippen molar-refractivity contribution in [3.63, 3.8) is 0 Å². The molecule has 0 spiro atoms. The third-order valence-electron chi connectivity index (χ3n) is 2.07. The zero-order chi connectivity index (χ0) is 8.55. The second-order valence-corrected chi connectivity index (χ2v) is 3.97. The molecule has 1 aromatic heterocycles. The molecule has 0 aliphatic heterocycles. The van der Waals surface area contributed by atoms with Crippen molar-refractivity contribution in [3.05, 3.63) is 29.6 Å². The molecule has 1 atom stereocenters. The van der Waals surface area contributed by atoms with Gasteiger partial charge in [0.15, 0.2) is 5.78 Å². The van der Waals surface area contributed by atoms with Gasteiger partial charge in [0.25, 0.3) is 0 Å². The molecule has 2 nitrogen and oxygen atoms in total. The maximum Gasteiger partial charge on any atom is 0.178 e. The zero-order valence-electron chi connectivity index (χ0n) is 6.46. The monoisotopic (exact) mass is 225 g/mol. The Morgan fingerprint density at radius 1 is 1.58 bits per heavy atom. The topological polar surface area (TPSA) is 30.0 Å². The van der Waals surface area contributed by atoms with Crippen molar-refractivity contribution in [2.75, 3.05) is 0 Å². The summed E-state index contributed by atoms with van der Waals surface area (Å²) in [6, 6.07) is 3.65. The molecular formula is C9H8BrNO. The highest BCUT2D eigenvalue weighted by Crippen LogP contribution is 2.23. The first-order valence-electron chi connectivity index (χ1n) is 3.91. The smallest absolute Gasteiger partial charge is 0.178 e. The van der Waals surface area contributed by atoms with E-state index >= 15 is 0 Å². The third-order valence-corrected chi connectivity index (χ3v) is 2.95. The van der Waals surface area contributed by atoms with Crippen LogP contribution in [0.5, 0.6) is 0 Å². The van der Waals surface area contributed by atoms with Crippen LogP contribution in [0, 0.1) is 0 Å². The number of ketones is 1. The summed E-state index contributed by atoms with van der Waals surface area (Å²) in [6.07, 6.45) is 3.50. The average molecular weight is 226 g/mol. The number of Topliss-reactive ketones (excluding diaryl/α,β-unsaturated/α-hetero) is 1. The molecule has 0 saturated heterocycles. The van der Waals surface area contributed by atoms with Gasteiger partial charge in [0.2, 0.25) is 0 Å². The van der Waals surface area contributed by atoms with E-state index in [2.05, 4.69) is 20.9 Å². The number of fused-ring (bicyclic) bond motifs is 1. The van der Waals surface area contributed by atoms with E-state index in [0.717, 1.165) is 24.1 Å². The number of nitrogens with zero attached hydrogens (tertiary/aromatic N) is 1. The molecule has 3 heteroatoms. The molecule has 1 aliphatic carbocycles. The highest BCUT2D eigenvalue weighted by molar-refractivity contribution is 9.10. The molecule has 62 valence electrons. The fraction of sp³-hybridized carbons (Fsp3) is 0.333. The van der Waals surface area contributed by atoms with Crippen LogP contribution in [-0.2, 0) is 6.42 Å². The number of hydrogen-bond acceptors (Lipinski definition) is 2. The number of alkyl halides is 1. The van der Waals surface area contributed by atoms with Gasteiger partial charge in [-0.25, -0.2) is 0 Å². The van der Waals surface area contributed by atoms with E-state index < -0.39 is 0 Å². The van der Waals surface area contributed by atoms with Crippen molar-refractivity contribution in [3.8, 4) is 0 Å². The normalized spacial score (nSPS) is 22.1. The first-order chi connectivity index (χ1) is 5.79. The molecule has 0 saturated carbocycles. The fourth-order valence-electron chi connectivity index (χ4n) is 1.42. The third kappa shape index (κ3) is 1.18. The molecule has 0 N–H and O–H groups in total. The zero-order valence-corrected chi connectivity index (χ0v) is 8.04. The number of aromatic nitrogens is 1. The van der Waals surface area contributed by atoms with Gasteiger partial charge in [0, 0.05) is 11.8 Å².